The molecule has 1 aromatic carbocycles. The van der Waals surface area contributed by atoms with Crippen LogP contribution in [0.3, 0.4) is 0 Å². The lowest BCUT2D eigenvalue weighted by Crippen LogP contribution is -2.42. The summed E-state index contributed by atoms with van der Waals surface area (Å²) in [5.74, 6) is 0.224. The molecule has 1 amide bonds. The van der Waals surface area contributed by atoms with Crippen molar-refractivity contribution in [1.29, 1.82) is 0 Å². The summed E-state index contributed by atoms with van der Waals surface area (Å²) in [6.45, 7) is 11.3. The van der Waals surface area contributed by atoms with Gasteiger partial charge < -0.3 is 23.7 Å². The summed E-state index contributed by atoms with van der Waals surface area (Å²) in [5, 5.41) is 0. The van der Waals surface area contributed by atoms with E-state index in [1.165, 1.54) is 0 Å². The fourth-order valence-corrected chi connectivity index (χ4v) is 3.59. The van der Waals surface area contributed by atoms with E-state index in [0.717, 1.165) is 5.46 Å². The maximum Gasteiger partial charge on any atom is 0.494 e. The fraction of sp³-hybridized carbons (Fsp3) is 0.636. The molecule has 30 heavy (non-hydrogen) atoms. The summed E-state index contributed by atoms with van der Waals surface area (Å²) in [6, 6.07) is 7.46. The lowest BCUT2D eigenvalue weighted by atomic mass is 9.79. The topological polar surface area (TPSA) is 74.3 Å². The SMILES string of the molecule is CCOC(=O)C1CCN(C(=O)COc2cccc(B3OC(C)(C)C(C)(C)O3)c2)CC1. The Bertz CT molecular complexity index is 757. The van der Waals surface area contributed by atoms with Crippen molar-refractivity contribution in [3.63, 3.8) is 0 Å². The van der Waals surface area contributed by atoms with Gasteiger partial charge in [0, 0.05) is 13.1 Å². The molecule has 0 aromatic heterocycles. The Morgan fingerprint density at radius 1 is 1.13 bits per heavy atom. The number of piperidine rings is 1. The molecule has 0 aliphatic carbocycles. The van der Waals surface area contributed by atoms with Gasteiger partial charge in [0.1, 0.15) is 5.75 Å². The molecule has 2 heterocycles. The van der Waals surface area contributed by atoms with Crippen molar-refractivity contribution in [2.45, 2.75) is 58.7 Å². The Balaban J connectivity index is 1.52. The Hall–Kier alpha value is -2.06. The van der Waals surface area contributed by atoms with Crippen LogP contribution in [0.2, 0.25) is 0 Å². The highest BCUT2D eigenvalue weighted by Gasteiger charge is 2.51. The lowest BCUT2D eigenvalue weighted by Gasteiger charge is -2.32. The van der Waals surface area contributed by atoms with E-state index in [2.05, 4.69) is 0 Å². The van der Waals surface area contributed by atoms with Gasteiger partial charge in [-0.2, -0.15) is 0 Å². The van der Waals surface area contributed by atoms with Crippen LogP contribution >= 0.6 is 0 Å². The molecule has 0 atom stereocenters. The summed E-state index contributed by atoms with van der Waals surface area (Å²) in [6.07, 6.45) is 1.25. The van der Waals surface area contributed by atoms with E-state index in [1.54, 1.807) is 11.8 Å². The molecular formula is C22H32BNO6. The molecule has 3 rings (SSSR count). The summed E-state index contributed by atoms with van der Waals surface area (Å²) in [7, 11) is -0.476. The molecule has 0 unspecified atom stereocenters. The van der Waals surface area contributed by atoms with Gasteiger partial charge in [0.2, 0.25) is 0 Å². The third kappa shape index (κ3) is 4.98. The number of nitrogens with zero attached hydrogens (tertiary/aromatic N) is 1. The highest BCUT2D eigenvalue weighted by atomic mass is 16.7. The fourth-order valence-electron chi connectivity index (χ4n) is 3.59. The Labute approximate surface area is 179 Å². The molecule has 2 saturated heterocycles. The first-order valence-corrected chi connectivity index (χ1v) is 10.7. The minimum absolute atomic E-state index is 0.0447. The molecule has 7 nitrogen and oxygen atoms in total. The Morgan fingerprint density at radius 3 is 2.37 bits per heavy atom. The second kappa shape index (κ2) is 8.98. The van der Waals surface area contributed by atoms with Crippen LogP contribution in [0.4, 0.5) is 0 Å². The second-order valence-corrected chi connectivity index (χ2v) is 8.86. The smallest absolute Gasteiger partial charge is 0.484 e. The first-order chi connectivity index (χ1) is 14.1. The van der Waals surface area contributed by atoms with Crippen molar-refractivity contribution in [3.05, 3.63) is 24.3 Å². The largest absolute Gasteiger partial charge is 0.494 e. The van der Waals surface area contributed by atoms with E-state index in [4.69, 9.17) is 18.8 Å². The van der Waals surface area contributed by atoms with Gasteiger partial charge in [0.05, 0.1) is 23.7 Å². The van der Waals surface area contributed by atoms with Crippen LogP contribution in [0.15, 0.2) is 24.3 Å². The molecule has 8 heteroatoms. The first kappa shape index (κ1) is 22.6. The van der Waals surface area contributed by atoms with Crippen molar-refractivity contribution in [3.8, 4) is 5.75 Å². The predicted molar refractivity (Wildman–Crippen MR) is 114 cm³/mol. The summed E-state index contributed by atoms with van der Waals surface area (Å²) < 4.78 is 23.0. The van der Waals surface area contributed by atoms with E-state index in [0.29, 0.717) is 38.3 Å². The predicted octanol–water partition coefficient (Wildman–Crippen LogP) is 2.17. The average molecular weight is 417 g/mol. The van der Waals surface area contributed by atoms with Crippen molar-refractivity contribution in [2.24, 2.45) is 5.92 Å². The molecule has 0 radical (unpaired) electrons. The van der Waals surface area contributed by atoms with Gasteiger partial charge in [0.25, 0.3) is 5.91 Å². The summed E-state index contributed by atoms with van der Waals surface area (Å²) >= 11 is 0. The number of esters is 1. The van der Waals surface area contributed by atoms with E-state index in [-0.39, 0.29) is 24.4 Å². The number of hydrogen-bond acceptors (Lipinski definition) is 6. The second-order valence-electron chi connectivity index (χ2n) is 8.86. The van der Waals surface area contributed by atoms with Crippen molar-refractivity contribution < 1.29 is 28.4 Å². The van der Waals surface area contributed by atoms with Gasteiger partial charge in [-0.3, -0.25) is 9.59 Å². The van der Waals surface area contributed by atoms with Crippen molar-refractivity contribution >= 4 is 24.5 Å². The van der Waals surface area contributed by atoms with Crippen LogP contribution in [-0.4, -0.2) is 61.4 Å². The number of rotatable bonds is 6. The van der Waals surface area contributed by atoms with Gasteiger partial charge in [0.15, 0.2) is 6.61 Å². The van der Waals surface area contributed by atoms with Crippen LogP contribution in [0, 0.1) is 5.92 Å². The minimum atomic E-state index is -0.476. The van der Waals surface area contributed by atoms with Crippen molar-refractivity contribution in [2.75, 3.05) is 26.3 Å². The molecule has 0 bridgehead atoms. The highest BCUT2D eigenvalue weighted by molar-refractivity contribution is 6.62. The number of amides is 1. The maximum absolute atomic E-state index is 12.5. The summed E-state index contributed by atoms with van der Waals surface area (Å²) in [5.41, 5.74) is 0.0224. The number of benzene rings is 1. The van der Waals surface area contributed by atoms with Crippen LogP contribution in [0.1, 0.15) is 47.5 Å². The molecule has 2 aliphatic heterocycles. The standard InChI is InChI=1S/C22H32BNO6/c1-6-27-20(26)16-10-12-24(13-11-16)19(25)15-28-18-9-7-8-17(14-18)23-29-21(2,3)22(4,5)30-23/h7-9,14,16H,6,10-13,15H2,1-5H3. The van der Waals surface area contributed by atoms with Gasteiger partial charge in [-0.25, -0.2) is 0 Å². The third-order valence-corrected chi connectivity index (χ3v) is 6.21. The Morgan fingerprint density at radius 2 is 1.77 bits per heavy atom. The molecule has 0 spiro atoms. The number of likely N-dealkylation sites (tertiary alicyclic amines) is 1. The monoisotopic (exact) mass is 417 g/mol. The lowest BCUT2D eigenvalue weighted by molar-refractivity contribution is -0.151. The van der Waals surface area contributed by atoms with Crippen molar-refractivity contribution in [1.82, 2.24) is 4.90 Å². The maximum atomic E-state index is 12.5. The highest BCUT2D eigenvalue weighted by Crippen LogP contribution is 2.36. The Kier molecular flexibility index (Phi) is 6.77. The van der Waals surface area contributed by atoms with Crippen LogP contribution in [0.5, 0.6) is 5.75 Å². The molecule has 2 aliphatic rings. The average Bonchev–Trinajstić information content (AvgIpc) is 2.94. The van der Waals surface area contributed by atoms with E-state index in [9.17, 15) is 9.59 Å². The van der Waals surface area contributed by atoms with Gasteiger partial charge in [-0.15, -0.1) is 0 Å². The van der Waals surface area contributed by atoms with Crippen LogP contribution in [0.25, 0.3) is 0 Å². The molecule has 0 saturated carbocycles. The zero-order valence-corrected chi connectivity index (χ0v) is 18.6. The summed E-state index contributed by atoms with van der Waals surface area (Å²) in [4.78, 5) is 26.1. The first-order valence-electron chi connectivity index (χ1n) is 10.7. The quantitative estimate of drug-likeness (QED) is 0.522. The van der Waals surface area contributed by atoms with Gasteiger partial charge in [-0.05, 0) is 65.1 Å². The van der Waals surface area contributed by atoms with Crippen LogP contribution < -0.4 is 10.2 Å². The third-order valence-electron chi connectivity index (χ3n) is 6.21. The number of hydrogen-bond donors (Lipinski definition) is 0. The number of carbonyl (C=O) groups is 2. The number of carbonyl (C=O) groups excluding carboxylic acids is 2. The minimum Gasteiger partial charge on any atom is -0.484 e. The normalized spacial score (nSPS) is 20.8. The molecule has 2 fully saturated rings. The zero-order valence-electron chi connectivity index (χ0n) is 18.6. The van der Waals surface area contributed by atoms with Crippen LogP contribution in [-0.2, 0) is 23.6 Å². The van der Waals surface area contributed by atoms with Gasteiger partial charge in [-0.1, -0.05) is 12.1 Å². The number of ether oxygens (including phenoxy) is 2. The van der Waals surface area contributed by atoms with E-state index >= 15 is 0 Å². The van der Waals surface area contributed by atoms with Gasteiger partial charge >= 0.3 is 13.1 Å². The zero-order chi connectivity index (χ0) is 21.9. The van der Waals surface area contributed by atoms with E-state index < -0.39 is 18.3 Å². The molecule has 0 N–H and O–H groups in total. The molecule has 1 aromatic rings. The molecular weight excluding hydrogens is 385 g/mol. The van der Waals surface area contributed by atoms with E-state index in [1.807, 2.05) is 52.0 Å². The molecule has 164 valence electrons.